The summed E-state index contributed by atoms with van der Waals surface area (Å²) < 4.78 is 12.7. The molecule has 0 aliphatic carbocycles. The standard InChI is InChI=1S/C17H18N4O2S/c1-21-16(12-5-4-8-18-10-12)19-20-17(21)24-11-13-9-14(22-2)6-7-15(13)23-3/h4-10H,11H2,1-3H3. The van der Waals surface area contributed by atoms with Gasteiger partial charge >= 0.3 is 0 Å². The van der Waals surface area contributed by atoms with Gasteiger partial charge in [-0.05, 0) is 30.3 Å². The molecular weight excluding hydrogens is 324 g/mol. The first-order chi connectivity index (χ1) is 11.7. The maximum absolute atomic E-state index is 5.42. The predicted octanol–water partition coefficient (Wildman–Crippen LogP) is 3.19. The van der Waals surface area contributed by atoms with Gasteiger partial charge in [-0.1, -0.05) is 11.8 Å². The minimum atomic E-state index is 0.708. The van der Waals surface area contributed by atoms with Crippen LogP contribution in [-0.4, -0.2) is 34.0 Å². The van der Waals surface area contributed by atoms with Crippen LogP contribution in [-0.2, 0) is 12.8 Å². The van der Waals surface area contributed by atoms with E-state index in [1.165, 1.54) is 0 Å². The molecule has 0 saturated heterocycles. The zero-order valence-electron chi connectivity index (χ0n) is 13.8. The van der Waals surface area contributed by atoms with E-state index in [0.717, 1.165) is 33.6 Å². The molecule has 24 heavy (non-hydrogen) atoms. The summed E-state index contributed by atoms with van der Waals surface area (Å²) in [7, 11) is 5.27. The highest BCUT2D eigenvalue weighted by atomic mass is 32.2. The molecule has 124 valence electrons. The first kappa shape index (κ1) is 16.3. The van der Waals surface area contributed by atoms with Crippen LogP contribution in [0.15, 0.2) is 47.9 Å². The van der Waals surface area contributed by atoms with Crippen molar-refractivity contribution in [1.82, 2.24) is 19.7 Å². The van der Waals surface area contributed by atoms with Crippen LogP contribution in [0.1, 0.15) is 5.56 Å². The summed E-state index contributed by atoms with van der Waals surface area (Å²) in [6, 6.07) is 9.63. The smallest absolute Gasteiger partial charge is 0.191 e. The number of methoxy groups -OCH3 is 2. The third-order valence-corrected chi connectivity index (χ3v) is 4.67. The number of nitrogens with zero attached hydrogens (tertiary/aromatic N) is 4. The molecule has 6 nitrogen and oxygen atoms in total. The van der Waals surface area contributed by atoms with Crippen molar-refractivity contribution in [2.75, 3.05) is 14.2 Å². The summed E-state index contributed by atoms with van der Waals surface area (Å²) in [5.41, 5.74) is 1.99. The lowest BCUT2D eigenvalue weighted by Crippen LogP contribution is -1.96. The molecule has 0 N–H and O–H groups in total. The maximum Gasteiger partial charge on any atom is 0.191 e. The van der Waals surface area contributed by atoms with Crippen molar-refractivity contribution in [3.8, 4) is 22.9 Å². The fourth-order valence-electron chi connectivity index (χ4n) is 2.32. The van der Waals surface area contributed by atoms with Crippen LogP contribution in [0.4, 0.5) is 0 Å². The molecule has 7 heteroatoms. The van der Waals surface area contributed by atoms with E-state index in [4.69, 9.17) is 9.47 Å². The molecule has 0 aliphatic rings. The number of ether oxygens (including phenoxy) is 2. The van der Waals surface area contributed by atoms with Gasteiger partial charge in [0.05, 0.1) is 14.2 Å². The number of pyridine rings is 1. The quantitative estimate of drug-likeness (QED) is 0.641. The van der Waals surface area contributed by atoms with Crippen LogP contribution in [0.5, 0.6) is 11.5 Å². The van der Waals surface area contributed by atoms with Crippen LogP contribution in [0.3, 0.4) is 0 Å². The fourth-order valence-corrected chi connectivity index (χ4v) is 3.21. The molecule has 2 heterocycles. The van der Waals surface area contributed by atoms with Gasteiger partial charge in [0.25, 0.3) is 0 Å². The van der Waals surface area contributed by atoms with Crippen LogP contribution in [0, 0.1) is 0 Å². The van der Waals surface area contributed by atoms with Crippen LogP contribution in [0.25, 0.3) is 11.4 Å². The topological polar surface area (TPSA) is 62.1 Å². The molecule has 0 unspecified atom stereocenters. The average Bonchev–Trinajstić information content (AvgIpc) is 3.01. The Morgan fingerprint density at radius 3 is 2.71 bits per heavy atom. The van der Waals surface area contributed by atoms with Crippen molar-refractivity contribution < 1.29 is 9.47 Å². The first-order valence-corrected chi connectivity index (χ1v) is 8.35. The first-order valence-electron chi connectivity index (χ1n) is 7.36. The Kier molecular flexibility index (Phi) is 5.00. The van der Waals surface area contributed by atoms with Crippen molar-refractivity contribution in [3.63, 3.8) is 0 Å². The fraction of sp³-hybridized carbons (Fsp3) is 0.235. The molecule has 0 saturated carbocycles. The molecule has 0 bridgehead atoms. The Morgan fingerprint density at radius 1 is 1.12 bits per heavy atom. The second-order valence-electron chi connectivity index (χ2n) is 5.07. The predicted molar refractivity (Wildman–Crippen MR) is 93.3 cm³/mol. The van der Waals surface area contributed by atoms with Gasteiger partial charge in [0.1, 0.15) is 11.5 Å². The van der Waals surface area contributed by atoms with Crippen molar-refractivity contribution in [3.05, 3.63) is 48.3 Å². The zero-order valence-corrected chi connectivity index (χ0v) is 14.6. The van der Waals surface area contributed by atoms with Crippen molar-refractivity contribution in [2.45, 2.75) is 10.9 Å². The lowest BCUT2D eigenvalue weighted by Gasteiger charge is -2.10. The highest BCUT2D eigenvalue weighted by Crippen LogP contribution is 2.31. The molecule has 0 fully saturated rings. The number of aromatic nitrogens is 4. The number of hydrogen-bond acceptors (Lipinski definition) is 6. The van der Waals surface area contributed by atoms with E-state index < -0.39 is 0 Å². The number of benzene rings is 1. The van der Waals surface area contributed by atoms with Gasteiger partial charge in [0.2, 0.25) is 0 Å². The van der Waals surface area contributed by atoms with E-state index >= 15 is 0 Å². The second kappa shape index (κ2) is 7.35. The Balaban J connectivity index is 1.80. The molecule has 2 aromatic heterocycles. The van der Waals surface area contributed by atoms with Crippen molar-refractivity contribution >= 4 is 11.8 Å². The van der Waals surface area contributed by atoms with Gasteiger partial charge in [-0.3, -0.25) is 4.98 Å². The van der Waals surface area contributed by atoms with Gasteiger partial charge in [-0.25, -0.2) is 0 Å². The highest BCUT2D eigenvalue weighted by molar-refractivity contribution is 7.98. The number of rotatable bonds is 6. The summed E-state index contributed by atoms with van der Waals surface area (Å²) in [6.45, 7) is 0. The molecular formula is C17H18N4O2S. The number of thioether (sulfide) groups is 1. The van der Waals surface area contributed by atoms with Crippen LogP contribution >= 0.6 is 11.8 Å². The average molecular weight is 342 g/mol. The summed E-state index contributed by atoms with van der Waals surface area (Å²) in [5.74, 6) is 3.14. The minimum absolute atomic E-state index is 0.708. The van der Waals surface area contributed by atoms with E-state index in [9.17, 15) is 0 Å². The van der Waals surface area contributed by atoms with Gasteiger partial charge in [0, 0.05) is 36.3 Å². The van der Waals surface area contributed by atoms with Crippen molar-refractivity contribution in [2.24, 2.45) is 7.05 Å². The zero-order chi connectivity index (χ0) is 16.9. The Labute approximate surface area is 144 Å². The van der Waals surface area contributed by atoms with E-state index in [1.54, 1.807) is 38.4 Å². The Hall–Kier alpha value is -2.54. The molecule has 0 amide bonds. The van der Waals surface area contributed by atoms with Crippen LogP contribution in [0.2, 0.25) is 0 Å². The molecule has 1 aromatic carbocycles. The monoisotopic (exact) mass is 342 g/mol. The van der Waals surface area contributed by atoms with Gasteiger partial charge in [-0.15, -0.1) is 10.2 Å². The molecule has 0 radical (unpaired) electrons. The molecule has 3 rings (SSSR count). The maximum atomic E-state index is 5.42. The van der Waals surface area contributed by atoms with E-state index in [0.29, 0.717) is 5.75 Å². The second-order valence-corrected chi connectivity index (χ2v) is 6.02. The highest BCUT2D eigenvalue weighted by Gasteiger charge is 2.13. The van der Waals surface area contributed by atoms with Crippen molar-refractivity contribution in [1.29, 1.82) is 0 Å². The summed E-state index contributed by atoms with van der Waals surface area (Å²) >= 11 is 1.60. The third kappa shape index (κ3) is 3.35. The summed E-state index contributed by atoms with van der Waals surface area (Å²) in [4.78, 5) is 4.13. The Bertz CT molecular complexity index is 821. The van der Waals surface area contributed by atoms with Gasteiger partial charge < -0.3 is 14.0 Å². The Morgan fingerprint density at radius 2 is 2.00 bits per heavy atom. The third-order valence-electron chi connectivity index (χ3n) is 3.60. The minimum Gasteiger partial charge on any atom is -0.497 e. The normalized spacial score (nSPS) is 10.6. The summed E-state index contributed by atoms with van der Waals surface area (Å²) in [5, 5.41) is 9.38. The van der Waals surface area contributed by atoms with E-state index in [-0.39, 0.29) is 0 Å². The summed E-state index contributed by atoms with van der Waals surface area (Å²) in [6.07, 6.45) is 3.52. The van der Waals surface area contributed by atoms with E-state index in [1.807, 2.05) is 41.9 Å². The molecule has 0 spiro atoms. The van der Waals surface area contributed by atoms with Gasteiger partial charge in [0.15, 0.2) is 11.0 Å². The number of hydrogen-bond donors (Lipinski definition) is 0. The largest absolute Gasteiger partial charge is 0.497 e. The van der Waals surface area contributed by atoms with Gasteiger partial charge in [-0.2, -0.15) is 0 Å². The van der Waals surface area contributed by atoms with Crippen LogP contribution < -0.4 is 9.47 Å². The lowest BCUT2D eigenvalue weighted by atomic mass is 10.2. The lowest BCUT2D eigenvalue weighted by molar-refractivity contribution is 0.400. The molecule has 0 aliphatic heterocycles. The SMILES string of the molecule is COc1ccc(OC)c(CSc2nnc(-c3cccnc3)n2C)c1. The molecule has 3 aromatic rings. The molecule has 0 atom stereocenters. The van der Waals surface area contributed by atoms with E-state index in [2.05, 4.69) is 15.2 Å².